The number of rotatable bonds is 3. The van der Waals surface area contributed by atoms with Crippen LogP contribution in [-0.4, -0.2) is 14.9 Å². The van der Waals surface area contributed by atoms with E-state index in [1.165, 1.54) is 0 Å². The zero-order chi connectivity index (χ0) is 11.6. The van der Waals surface area contributed by atoms with Crippen molar-refractivity contribution in [3.05, 3.63) is 26.2 Å². The van der Waals surface area contributed by atoms with Gasteiger partial charge in [-0.2, -0.15) is 4.98 Å². The Hall–Kier alpha value is -0.940. The molecule has 7 heteroatoms. The van der Waals surface area contributed by atoms with Crippen molar-refractivity contribution in [2.75, 3.05) is 0 Å². The Labute approximate surface area is 96.6 Å². The molecule has 0 N–H and O–H groups in total. The van der Waals surface area contributed by atoms with Crippen molar-refractivity contribution in [1.29, 1.82) is 0 Å². The highest BCUT2D eigenvalue weighted by Crippen LogP contribution is 2.32. The van der Waals surface area contributed by atoms with Gasteiger partial charge < -0.3 is 0 Å². The maximum atomic E-state index is 10.8. The number of aromatic nitrogens is 2. The first-order chi connectivity index (χ1) is 6.97. The highest BCUT2D eigenvalue weighted by atomic mass is 35.5. The first kappa shape index (κ1) is 12.1. The topological polar surface area (TPSA) is 68.9 Å². The molecule has 0 spiro atoms. The zero-order valence-corrected chi connectivity index (χ0v) is 9.71. The summed E-state index contributed by atoms with van der Waals surface area (Å²) in [7, 11) is 0. The second-order valence-corrected chi connectivity index (χ2v) is 3.78. The summed E-state index contributed by atoms with van der Waals surface area (Å²) >= 11 is 11.3. The van der Waals surface area contributed by atoms with E-state index in [1.54, 1.807) is 0 Å². The lowest BCUT2D eigenvalue weighted by Gasteiger charge is -2.08. The molecule has 1 heterocycles. The first-order valence-corrected chi connectivity index (χ1v) is 5.10. The Balaban J connectivity index is 3.39. The van der Waals surface area contributed by atoms with Crippen LogP contribution >= 0.6 is 23.2 Å². The van der Waals surface area contributed by atoms with Gasteiger partial charge in [-0.15, -0.1) is 0 Å². The van der Waals surface area contributed by atoms with E-state index >= 15 is 0 Å². The van der Waals surface area contributed by atoms with Crippen molar-refractivity contribution in [2.45, 2.75) is 26.2 Å². The molecule has 0 aliphatic rings. The zero-order valence-electron chi connectivity index (χ0n) is 8.20. The minimum absolute atomic E-state index is 0.0686. The van der Waals surface area contributed by atoms with E-state index in [0.29, 0.717) is 6.42 Å². The fraction of sp³-hybridized carbons (Fsp3) is 0.500. The van der Waals surface area contributed by atoms with Crippen LogP contribution in [0.3, 0.4) is 0 Å². The third kappa shape index (κ3) is 2.54. The van der Waals surface area contributed by atoms with Crippen molar-refractivity contribution in [1.82, 2.24) is 9.97 Å². The smallest absolute Gasteiger partial charge is 0.258 e. The highest BCUT2D eigenvalue weighted by Gasteiger charge is 2.25. The average molecular weight is 250 g/mol. The van der Waals surface area contributed by atoms with Crippen LogP contribution in [0.25, 0.3) is 0 Å². The van der Waals surface area contributed by atoms with Crippen molar-refractivity contribution in [3.63, 3.8) is 0 Å². The minimum atomic E-state index is -0.583. The predicted octanol–water partition coefficient (Wildman–Crippen LogP) is 3.21. The third-order valence-corrected chi connectivity index (χ3v) is 2.54. The Kier molecular flexibility index (Phi) is 3.82. The SMILES string of the molecule is CCC(C)c1nc(Cl)nc(Cl)c1[N+](=O)[O-]. The van der Waals surface area contributed by atoms with Crippen LogP contribution in [-0.2, 0) is 0 Å². The van der Waals surface area contributed by atoms with Crippen LogP contribution in [0, 0.1) is 10.1 Å². The summed E-state index contributed by atoms with van der Waals surface area (Å²) in [6.07, 6.45) is 0.713. The van der Waals surface area contributed by atoms with Crippen molar-refractivity contribution < 1.29 is 4.92 Å². The second-order valence-electron chi connectivity index (χ2n) is 3.08. The van der Waals surface area contributed by atoms with Gasteiger partial charge in [0.25, 0.3) is 0 Å². The van der Waals surface area contributed by atoms with E-state index in [1.807, 2.05) is 13.8 Å². The fourth-order valence-electron chi connectivity index (χ4n) is 1.12. The molecule has 0 fully saturated rings. The molecule has 1 atom stereocenters. The van der Waals surface area contributed by atoms with Crippen LogP contribution in [0.5, 0.6) is 0 Å². The highest BCUT2D eigenvalue weighted by molar-refractivity contribution is 6.33. The Morgan fingerprint density at radius 3 is 2.53 bits per heavy atom. The molecule has 0 radical (unpaired) electrons. The third-order valence-electron chi connectivity index (χ3n) is 2.10. The minimum Gasteiger partial charge on any atom is -0.258 e. The van der Waals surface area contributed by atoms with E-state index in [-0.39, 0.29) is 27.7 Å². The largest absolute Gasteiger partial charge is 0.328 e. The molecule has 1 aromatic heterocycles. The molecular weight excluding hydrogens is 241 g/mol. The molecule has 1 unspecified atom stereocenters. The normalized spacial score (nSPS) is 12.5. The lowest BCUT2D eigenvalue weighted by Crippen LogP contribution is -2.05. The molecule has 0 saturated carbocycles. The van der Waals surface area contributed by atoms with E-state index in [9.17, 15) is 10.1 Å². The van der Waals surface area contributed by atoms with E-state index in [2.05, 4.69) is 9.97 Å². The molecule has 15 heavy (non-hydrogen) atoms. The summed E-state index contributed by atoms with van der Waals surface area (Å²) in [5, 5.41) is 10.5. The fourth-order valence-corrected chi connectivity index (χ4v) is 1.59. The van der Waals surface area contributed by atoms with E-state index in [0.717, 1.165) is 0 Å². The molecule has 0 aliphatic carbocycles. The van der Waals surface area contributed by atoms with Crippen molar-refractivity contribution >= 4 is 28.9 Å². The Morgan fingerprint density at radius 1 is 1.47 bits per heavy atom. The van der Waals surface area contributed by atoms with Crippen LogP contribution < -0.4 is 0 Å². The van der Waals surface area contributed by atoms with Gasteiger partial charge in [0.15, 0.2) is 0 Å². The predicted molar refractivity (Wildman–Crippen MR) is 57.4 cm³/mol. The lowest BCUT2D eigenvalue weighted by atomic mass is 10.0. The van der Waals surface area contributed by atoms with Gasteiger partial charge >= 0.3 is 5.69 Å². The van der Waals surface area contributed by atoms with Crippen LogP contribution in [0.2, 0.25) is 10.4 Å². The molecular formula is C8H9Cl2N3O2. The molecule has 0 saturated heterocycles. The molecule has 1 rings (SSSR count). The lowest BCUT2D eigenvalue weighted by molar-refractivity contribution is -0.386. The van der Waals surface area contributed by atoms with Crippen molar-refractivity contribution in [3.8, 4) is 0 Å². The average Bonchev–Trinajstić information content (AvgIpc) is 2.14. The summed E-state index contributed by atoms with van der Waals surface area (Å²) in [5.41, 5.74) is 0.0305. The number of nitro groups is 1. The molecule has 0 bridgehead atoms. The van der Waals surface area contributed by atoms with Crippen LogP contribution in [0.15, 0.2) is 0 Å². The summed E-state index contributed by atoms with van der Waals surface area (Å²) in [5.74, 6) is -0.0802. The maximum absolute atomic E-state index is 10.8. The van der Waals surface area contributed by atoms with Gasteiger partial charge in [0.05, 0.1) is 4.92 Å². The van der Waals surface area contributed by atoms with Crippen LogP contribution in [0.4, 0.5) is 5.69 Å². The van der Waals surface area contributed by atoms with Gasteiger partial charge in [-0.25, -0.2) is 4.98 Å². The molecule has 82 valence electrons. The summed E-state index contributed by atoms with van der Waals surface area (Å²) in [6, 6.07) is 0. The number of hydrogen-bond donors (Lipinski definition) is 0. The van der Waals surface area contributed by atoms with E-state index in [4.69, 9.17) is 23.2 Å². The molecule has 0 aliphatic heterocycles. The number of nitrogens with zero attached hydrogens (tertiary/aromatic N) is 3. The maximum Gasteiger partial charge on any atom is 0.328 e. The van der Waals surface area contributed by atoms with Gasteiger partial charge in [-0.3, -0.25) is 10.1 Å². The van der Waals surface area contributed by atoms with Gasteiger partial charge in [0, 0.05) is 5.92 Å². The molecule has 5 nitrogen and oxygen atoms in total. The molecule has 0 amide bonds. The Morgan fingerprint density at radius 2 is 2.07 bits per heavy atom. The quantitative estimate of drug-likeness (QED) is 0.357. The monoisotopic (exact) mass is 249 g/mol. The van der Waals surface area contributed by atoms with Gasteiger partial charge in [0.2, 0.25) is 10.4 Å². The van der Waals surface area contributed by atoms with Gasteiger partial charge in [-0.1, -0.05) is 25.4 Å². The first-order valence-electron chi connectivity index (χ1n) is 4.34. The van der Waals surface area contributed by atoms with Crippen molar-refractivity contribution in [2.24, 2.45) is 0 Å². The molecule has 1 aromatic rings. The number of hydrogen-bond acceptors (Lipinski definition) is 4. The molecule has 0 aromatic carbocycles. The van der Waals surface area contributed by atoms with Gasteiger partial charge in [-0.05, 0) is 18.0 Å². The van der Waals surface area contributed by atoms with Crippen LogP contribution in [0.1, 0.15) is 31.9 Å². The van der Waals surface area contributed by atoms with E-state index < -0.39 is 4.92 Å². The second kappa shape index (κ2) is 4.72. The summed E-state index contributed by atoms with van der Waals surface area (Å²) < 4.78 is 0. The standard InChI is InChI=1S/C8H9Cl2N3O2/c1-3-4(2)5-6(13(14)15)7(9)12-8(10)11-5/h4H,3H2,1-2H3. The Bertz CT molecular complexity index is 398. The summed E-state index contributed by atoms with van der Waals surface area (Å²) in [4.78, 5) is 17.6. The summed E-state index contributed by atoms with van der Waals surface area (Å²) in [6.45, 7) is 3.72. The van der Waals surface area contributed by atoms with Gasteiger partial charge in [0.1, 0.15) is 5.69 Å². The number of halogens is 2.